The molecule has 0 N–H and O–H groups in total. The maximum atomic E-state index is 11.9. The summed E-state index contributed by atoms with van der Waals surface area (Å²) in [7, 11) is 1.65. The predicted octanol–water partition coefficient (Wildman–Crippen LogP) is 3.77. The van der Waals surface area contributed by atoms with Gasteiger partial charge in [0.2, 0.25) is 0 Å². The zero-order chi connectivity index (χ0) is 13.4. The Labute approximate surface area is 120 Å². The number of aromatic nitrogens is 1. The van der Waals surface area contributed by atoms with Crippen molar-refractivity contribution in [3.8, 4) is 11.4 Å². The standard InChI is InChI=1S/C15H14BrNO2/c1-19-10-5-6-12(16)14(9-10)17-8-7-11-13(17)3-2-4-15(11)18/h5-9H,2-4H2,1H3. The summed E-state index contributed by atoms with van der Waals surface area (Å²) >= 11 is 3.56. The fourth-order valence-corrected chi connectivity index (χ4v) is 2.99. The molecule has 0 saturated heterocycles. The quantitative estimate of drug-likeness (QED) is 0.843. The molecule has 0 unspecified atom stereocenters. The van der Waals surface area contributed by atoms with E-state index in [1.165, 1.54) is 0 Å². The van der Waals surface area contributed by atoms with Crippen LogP contribution < -0.4 is 4.74 Å². The highest BCUT2D eigenvalue weighted by atomic mass is 79.9. The number of hydrogen-bond donors (Lipinski definition) is 0. The Hall–Kier alpha value is -1.55. The van der Waals surface area contributed by atoms with E-state index in [0.29, 0.717) is 6.42 Å². The van der Waals surface area contributed by atoms with E-state index in [-0.39, 0.29) is 5.78 Å². The van der Waals surface area contributed by atoms with E-state index in [1.807, 2.05) is 30.5 Å². The topological polar surface area (TPSA) is 31.2 Å². The first kappa shape index (κ1) is 12.5. The fourth-order valence-electron chi connectivity index (χ4n) is 2.55. The minimum Gasteiger partial charge on any atom is -0.497 e. The second kappa shape index (κ2) is 4.85. The van der Waals surface area contributed by atoms with Crippen LogP contribution in [-0.4, -0.2) is 17.5 Å². The lowest BCUT2D eigenvalue weighted by molar-refractivity contribution is 0.0972. The van der Waals surface area contributed by atoms with Gasteiger partial charge in [0, 0.05) is 34.4 Å². The summed E-state index contributed by atoms with van der Waals surface area (Å²) in [6.07, 6.45) is 4.50. The van der Waals surface area contributed by atoms with Crippen LogP contribution in [-0.2, 0) is 6.42 Å². The molecule has 0 atom stereocenters. The average Bonchev–Trinajstić information content (AvgIpc) is 2.85. The van der Waals surface area contributed by atoms with Gasteiger partial charge in [-0.3, -0.25) is 4.79 Å². The Bertz CT molecular complexity index is 646. The Morgan fingerprint density at radius 1 is 1.26 bits per heavy atom. The van der Waals surface area contributed by atoms with E-state index in [4.69, 9.17) is 4.74 Å². The second-order valence-corrected chi connectivity index (χ2v) is 5.49. The molecule has 1 aliphatic carbocycles. The van der Waals surface area contributed by atoms with Crippen molar-refractivity contribution in [3.05, 3.63) is 46.2 Å². The van der Waals surface area contributed by atoms with Gasteiger partial charge >= 0.3 is 0 Å². The van der Waals surface area contributed by atoms with Gasteiger partial charge in [-0.05, 0) is 47.0 Å². The molecule has 1 heterocycles. The normalized spacial score (nSPS) is 14.3. The van der Waals surface area contributed by atoms with Crippen molar-refractivity contribution in [2.75, 3.05) is 7.11 Å². The van der Waals surface area contributed by atoms with Crippen molar-refractivity contribution in [1.29, 1.82) is 0 Å². The van der Waals surface area contributed by atoms with E-state index >= 15 is 0 Å². The Balaban J connectivity index is 2.15. The molecule has 98 valence electrons. The van der Waals surface area contributed by atoms with E-state index in [9.17, 15) is 4.79 Å². The summed E-state index contributed by atoms with van der Waals surface area (Å²) in [5.74, 6) is 1.06. The molecule has 19 heavy (non-hydrogen) atoms. The van der Waals surface area contributed by atoms with Crippen LogP contribution in [0.3, 0.4) is 0 Å². The van der Waals surface area contributed by atoms with E-state index < -0.39 is 0 Å². The summed E-state index contributed by atoms with van der Waals surface area (Å²) in [5, 5.41) is 0. The van der Waals surface area contributed by atoms with Crippen molar-refractivity contribution in [2.45, 2.75) is 19.3 Å². The van der Waals surface area contributed by atoms with Gasteiger partial charge in [0.1, 0.15) is 5.75 Å². The highest BCUT2D eigenvalue weighted by molar-refractivity contribution is 9.10. The van der Waals surface area contributed by atoms with Crippen LogP contribution in [0.1, 0.15) is 28.9 Å². The van der Waals surface area contributed by atoms with Crippen LogP contribution in [0, 0.1) is 0 Å². The summed E-state index contributed by atoms with van der Waals surface area (Å²) in [6, 6.07) is 7.77. The second-order valence-electron chi connectivity index (χ2n) is 4.64. The number of nitrogens with zero attached hydrogens (tertiary/aromatic N) is 1. The fraction of sp³-hybridized carbons (Fsp3) is 0.267. The third kappa shape index (κ3) is 2.10. The third-order valence-electron chi connectivity index (χ3n) is 3.52. The number of ketones is 1. The zero-order valence-corrected chi connectivity index (χ0v) is 12.2. The maximum absolute atomic E-state index is 11.9. The molecule has 1 aromatic carbocycles. The van der Waals surface area contributed by atoms with Crippen LogP contribution in [0.25, 0.3) is 5.69 Å². The number of carbonyl (C=O) groups excluding carboxylic acids is 1. The number of ether oxygens (including phenoxy) is 1. The molecule has 0 spiro atoms. The SMILES string of the molecule is COc1ccc(Br)c(-n2ccc3c2CCCC3=O)c1. The van der Waals surface area contributed by atoms with Gasteiger partial charge in [-0.2, -0.15) is 0 Å². The zero-order valence-electron chi connectivity index (χ0n) is 10.6. The molecule has 0 fully saturated rings. The van der Waals surface area contributed by atoms with E-state index in [1.54, 1.807) is 7.11 Å². The molecule has 3 rings (SSSR count). The molecule has 0 bridgehead atoms. The van der Waals surface area contributed by atoms with Crippen molar-refractivity contribution >= 4 is 21.7 Å². The maximum Gasteiger partial charge on any atom is 0.164 e. The summed E-state index contributed by atoms with van der Waals surface area (Å²) < 4.78 is 8.34. The summed E-state index contributed by atoms with van der Waals surface area (Å²) in [6.45, 7) is 0. The van der Waals surface area contributed by atoms with E-state index in [0.717, 1.165) is 40.0 Å². The lowest BCUT2D eigenvalue weighted by Crippen LogP contribution is -2.12. The minimum atomic E-state index is 0.249. The van der Waals surface area contributed by atoms with Crippen molar-refractivity contribution < 1.29 is 9.53 Å². The smallest absolute Gasteiger partial charge is 0.164 e. The Morgan fingerprint density at radius 2 is 2.11 bits per heavy atom. The van der Waals surface area contributed by atoms with Gasteiger partial charge in [-0.25, -0.2) is 0 Å². The Kier molecular flexibility index (Phi) is 3.19. The van der Waals surface area contributed by atoms with Crippen LogP contribution in [0.2, 0.25) is 0 Å². The third-order valence-corrected chi connectivity index (χ3v) is 4.19. The molecule has 1 aliphatic rings. The summed E-state index contributed by atoms with van der Waals surface area (Å²) in [4.78, 5) is 11.9. The minimum absolute atomic E-state index is 0.249. The van der Waals surface area contributed by atoms with Crippen molar-refractivity contribution in [3.63, 3.8) is 0 Å². The van der Waals surface area contributed by atoms with Gasteiger partial charge < -0.3 is 9.30 Å². The van der Waals surface area contributed by atoms with Gasteiger partial charge in [0.25, 0.3) is 0 Å². The number of Topliss-reactive ketones (excluding diaryl/α,β-unsaturated/α-hetero) is 1. The van der Waals surface area contributed by atoms with Crippen LogP contribution in [0.4, 0.5) is 0 Å². The first-order valence-electron chi connectivity index (χ1n) is 6.28. The summed E-state index contributed by atoms with van der Waals surface area (Å²) in [5.41, 5.74) is 2.97. The van der Waals surface area contributed by atoms with Crippen molar-refractivity contribution in [2.24, 2.45) is 0 Å². The first-order valence-corrected chi connectivity index (χ1v) is 7.07. The molecule has 1 aromatic heterocycles. The largest absolute Gasteiger partial charge is 0.497 e. The van der Waals surface area contributed by atoms with Crippen molar-refractivity contribution in [1.82, 2.24) is 4.57 Å². The number of methoxy groups -OCH3 is 1. The molecular formula is C15H14BrNO2. The molecule has 2 aromatic rings. The number of halogens is 1. The molecule has 3 nitrogen and oxygen atoms in total. The number of benzene rings is 1. The van der Waals surface area contributed by atoms with Gasteiger partial charge in [0.15, 0.2) is 5.78 Å². The molecular weight excluding hydrogens is 306 g/mol. The van der Waals surface area contributed by atoms with Gasteiger partial charge in [-0.1, -0.05) is 0 Å². The highest BCUT2D eigenvalue weighted by Gasteiger charge is 2.21. The van der Waals surface area contributed by atoms with Gasteiger partial charge in [0.05, 0.1) is 12.8 Å². The van der Waals surface area contributed by atoms with Crippen LogP contribution in [0.5, 0.6) is 5.75 Å². The molecule has 0 radical (unpaired) electrons. The molecule has 0 amide bonds. The average molecular weight is 320 g/mol. The van der Waals surface area contributed by atoms with Crippen LogP contribution >= 0.6 is 15.9 Å². The van der Waals surface area contributed by atoms with Crippen LogP contribution in [0.15, 0.2) is 34.9 Å². The van der Waals surface area contributed by atoms with Gasteiger partial charge in [-0.15, -0.1) is 0 Å². The Morgan fingerprint density at radius 3 is 2.89 bits per heavy atom. The first-order chi connectivity index (χ1) is 9.20. The molecule has 0 saturated carbocycles. The highest BCUT2D eigenvalue weighted by Crippen LogP contribution is 2.31. The lowest BCUT2D eigenvalue weighted by Gasteiger charge is -2.16. The number of hydrogen-bond acceptors (Lipinski definition) is 2. The molecule has 4 heteroatoms. The molecule has 0 aliphatic heterocycles. The number of fused-ring (bicyclic) bond motifs is 1. The number of carbonyl (C=O) groups is 1. The number of rotatable bonds is 2. The monoisotopic (exact) mass is 319 g/mol. The lowest BCUT2D eigenvalue weighted by atomic mass is 9.97. The predicted molar refractivity (Wildman–Crippen MR) is 77.3 cm³/mol. The van der Waals surface area contributed by atoms with E-state index in [2.05, 4.69) is 20.5 Å².